The number of amides is 2. The van der Waals surface area contributed by atoms with E-state index in [9.17, 15) is 9.59 Å². The normalized spacial score (nSPS) is 11.6. The predicted octanol–water partition coefficient (Wildman–Crippen LogP) is 4.36. The van der Waals surface area contributed by atoms with Crippen LogP contribution in [0.1, 0.15) is 37.8 Å². The lowest BCUT2D eigenvalue weighted by Gasteiger charge is -2.29. The van der Waals surface area contributed by atoms with Gasteiger partial charge in [0, 0.05) is 24.5 Å². The Morgan fingerprint density at radius 1 is 1.17 bits per heavy atom. The molecule has 0 bridgehead atoms. The molecule has 0 radical (unpaired) electrons. The average molecular weight is 417 g/mol. The van der Waals surface area contributed by atoms with Gasteiger partial charge in [-0.25, -0.2) is 0 Å². The maximum absolute atomic E-state index is 12.9. The van der Waals surface area contributed by atoms with Gasteiger partial charge in [0.2, 0.25) is 11.8 Å². The van der Waals surface area contributed by atoms with Crippen molar-refractivity contribution in [1.82, 2.24) is 10.2 Å². The summed E-state index contributed by atoms with van der Waals surface area (Å²) in [4.78, 5) is 26.9. The van der Waals surface area contributed by atoms with Crippen LogP contribution in [0.4, 0.5) is 0 Å². The molecule has 0 aliphatic rings. The molecular formula is C23H29ClN2O3. The van der Waals surface area contributed by atoms with E-state index in [0.717, 1.165) is 11.1 Å². The van der Waals surface area contributed by atoms with Crippen LogP contribution >= 0.6 is 11.6 Å². The number of nitrogens with one attached hydrogen (secondary N) is 1. The number of carbonyl (C=O) groups excluding carboxylic acids is 2. The third-order valence-electron chi connectivity index (χ3n) is 4.57. The van der Waals surface area contributed by atoms with E-state index >= 15 is 0 Å². The van der Waals surface area contributed by atoms with E-state index in [1.165, 1.54) is 0 Å². The van der Waals surface area contributed by atoms with Crippen LogP contribution in [0.2, 0.25) is 5.02 Å². The minimum absolute atomic E-state index is 0.0648. The Morgan fingerprint density at radius 2 is 1.90 bits per heavy atom. The van der Waals surface area contributed by atoms with Gasteiger partial charge in [-0.3, -0.25) is 9.59 Å². The second kappa shape index (κ2) is 11.5. The molecule has 6 heteroatoms. The van der Waals surface area contributed by atoms with Gasteiger partial charge in [0.05, 0.1) is 6.61 Å². The van der Waals surface area contributed by atoms with Crippen LogP contribution in [0.25, 0.3) is 0 Å². The van der Waals surface area contributed by atoms with Crippen molar-refractivity contribution in [2.75, 3.05) is 13.2 Å². The van der Waals surface area contributed by atoms with Gasteiger partial charge < -0.3 is 15.0 Å². The molecule has 29 heavy (non-hydrogen) atoms. The largest absolute Gasteiger partial charge is 0.494 e. The molecule has 2 rings (SSSR count). The van der Waals surface area contributed by atoms with Crippen LogP contribution < -0.4 is 10.1 Å². The fraction of sp³-hybridized carbons (Fsp3) is 0.391. The molecule has 2 amide bonds. The highest BCUT2D eigenvalue weighted by molar-refractivity contribution is 6.30. The molecule has 2 aromatic rings. The number of nitrogens with zero attached hydrogens (tertiary/aromatic N) is 1. The first kappa shape index (κ1) is 22.8. The highest BCUT2D eigenvalue weighted by atomic mass is 35.5. The fourth-order valence-corrected chi connectivity index (χ4v) is 3.13. The third-order valence-corrected chi connectivity index (χ3v) is 4.82. The summed E-state index contributed by atoms with van der Waals surface area (Å²) in [6, 6.07) is 14.6. The van der Waals surface area contributed by atoms with Crippen molar-refractivity contribution in [1.29, 1.82) is 0 Å². The monoisotopic (exact) mass is 416 g/mol. The summed E-state index contributed by atoms with van der Waals surface area (Å²) in [7, 11) is 0. The van der Waals surface area contributed by atoms with Gasteiger partial charge in [-0.1, -0.05) is 41.4 Å². The number of ether oxygens (including phenoxy) is 1. The molecule has 0 saturated heterocycles. The lowest BCUT2D eigenvalue weighted by atomic mass is 10.1. The first-order chi connectivity index (χ1) is 13.9. The Kier molecular flexibility index (Phi) is 9.00. The highest BCUT2D eigenvalue weighted by Gasteiger charge is 2.25. The molecule has 0 aliphatic carbocycles. The van der Waals surface area contributed by atoms with Crippen LogP contribution in [-0.2, 0) is 16.1 Å². The van der Waals surface area contributed by atoms with Gasteiger partial charge in [0.15, 0.2) is 0 Å². The minimum Gasteiger partial charge on any atom is -0.494 e. The van der Waals surface area contributed by atoms with Crippen LogP contribution in [0.15, 0.2) is 48.5 Å². The second-order valence-corrected chi connectivity index (χ2v) is 7.42. The zero-order valence-corrected chi connectivity index (χ0v) is 18.0. The lowest BCUT2D eigenvalue weighted by molar-refractivity contribution is -0.140. The minimum atomic E-state index is -0.542. The molecule has 2 aromatic carbocycles. The zero-order valence-electron chi connectivity index (χ0n) is 17.3. The first-order valence-corrected chi connectivity index (χ1v) is 10.3. The van der Waals surface area contributed by atoms with Gasteiger partial charge in [-0.2, -0.15) is 0 Å². The molecule has 0 aliphatic heterocycles. The summed E-state index contributed by atoms with van der Waals surface area (Å²) in [5.41, 5.74) is 2.13. The zero-order chi connectivity index (χ0) is 21.2. The number of halogens is 1. The SMILES string of the molecule is CCNC(=O)C(C)N(Cc1cccc(C)c1)C(=O)CCCOc1ccc(Cl)cc1. The van der Waals surface area contributed by atoms with E-state index in [2.05, 4.69) is 5.32 Å². The molecule has 0 fully saturated rings. The second-order valence-electron chi connectivity index (χ2n) is 6.99. The van der Waals surface area contributed by atoms with E-state index in [1.807, 2.05) is 38.1 Å². The van der Waals surface area contributed by atoms with Crippen molar-refractivity contribution < 1.29 is 14.3 Å². The highest BCUT2D eigenvalue weighted by Crippen LogP contribution is 2.17. The van der Waals surface area contributed by atoms with Gasteiger partial charge in [-0.05, 0) is 57.0 Å². The molecule has 0 spiro atoms. The molecule has 1 unspecified atom stereocenters. The molecule has 0 aromatic heterocycles. The standard InChI is InChI=1S/C23H29ClN2O3/c1-4-25-23(28)18(3)26(16-19-8-5-7-17(2)15-19)22(27)9-6-14-29-21-12-10-20(24)11-13-21/h5,7-8,10-13,15,18H,4,6,9,14,16H2,1-3H3,(H,25,28). The molecule has 0 saturated carbocycles. The third kappa shape index (κ3) is 7.42. The smallest absolute Gasteiger partial charge is 0.242 e. The first-order valence-electron chi connectivity index (χ1n) is 9.91. The summed E-state index contributed by atoms with van der Waals surface area (Å²) < 4.78 is 5.66. The van der Waals surface area contributed by atoms with Gasteiger partial charge in [0.1, 0.15) is 11.8 Å². The van der Waals surface area contributed by atoms with Crippen molar-refractivity contribution in [3.8, 4) is 5.75 Å². The van der Waals surface area contributed by atoms with E-state index < -0.39 is 6.04 Å². The van der Waals surface area contributed by atoms with Crippen LogP contribution in [0, 0.1) is 6.92 Å². The van der Waals surface area contributed by atoms with Crippen molar-refractivity contribution >= 4 is 23.4 Å². The number of rotatable bonds is 10. The molecule has 1 N–H and O–H groups in total. The number of likely N-dealkylation sites (N-methyl/N-ethyl adjacent to an activating group) is 1. The Balaban J connectivity index is 1.97. The van der Waals surface area contributed by atoms with Crippen LogP contribution in [0.5, 0.6) is 5.75 Å². The topological polar surface area (TPSA) is 58.6 Å². The van der Waals surface area contributed by atoms with Crippen LogP contribution in [-0.4, -0.2) is 35.9 Å². The Labute approximate surface area is 178 Å². The van der Waals surface area contributed by atoms with Crippen molar-refractivity contribution in [2.45, 2.75) is 46.2 Å². The number of benzene rings is 2. The van der Waals surface area contributed by atoms with E-state index in [-0.39, 0.29) is 11.8 Å². The Hall–Kier alpha value is -2.53. The van der Waals surface area contributed by atoms with Crippen molar-refractivity contribution in [3.05, 3.63) is 64.7 Å². The Bertz CT molecular complexity index is 808. The molecule has 5 nitrogen and oxygen atoms in total. The maximum atomic E-state index is 12.9. The summed E-state index contributed by atoms with van der Waals surface area (Å²) in [5.74, 6) is 0.505. The number of aryl methyl sites for hydroxylation is 1. The summed E-state index contributed by atoms with van der Waals surface area (Å²) in [6.07, 6.45) is 0.872. The van der Waals surface area contributed by atoms with Crippen molar-refractivity contribution in [2.24, 2.45) is 0 Å². The summed E-state index contributed by atoms with van der Waals surface area (Å²) in [5, 5.41) is 3.45. The maximum Gasteiger partial charge on any atom is 0.242 e. The predicted molar refractivity (Wildman–Crippen MR) is 116 cm³/mol. The fourth-order valence-electron chi connectivity index (χ4n) is 3.00. The van der Waals surface area contributed by atoms with Gasteiger partial charge in [0.25, 0.3) is 0 Å². The van der Waals surface area contributed by atoms with E-state index in [0.29, 0.717) is 43.3 Å². The number of hydrogen-bond acceptors (Lipinski definition) is 3. The van der Waals surface area contributed by atoms with E-state index in [4.69, 9.17) is 16.3 Å². The number of hydrogen-bond donors (Lipinski definition) is 1. The molecular weight excluding hydrogens is 388 g/mol. The molecule has 0 heterocycles. The summed E-state index contributed by atoms with van der Waals surface area (Å²) >= 11 is 5.86. The average Bonchev–Trinajstić information content (AvgIpc) is 2.70. The van der Waals surface area contributed by atoms with Crippen LogP contribution in [0.3, 0.4) is 0 Å². The Morgan fingerprint density at radius 3 is 2.55 bits per heavy atom. The number of carbonyl (C=O) groups is 2. The summed E-state index contributed by atoms with van der Waals surface area (Å²) in [6.45, 7) is 6.99. The lowest BCUT2D eigenvalue weighted by Crippen LogP contribution is -2.47. The van der Waals surface area contributed by atoms with Crippen molar-refractivity contribution in [3.63, 3.8) is 0 Å². The van der Waals surface area contributed by atoms with Gasteiger partial charge in [-0.15, -0.1) is 0 Å². The quantitative estimate of drug-likeness (QED) is 0.585. The van der Waals surface area contributed by atoms with Gasteiger partial charge >= 0.3 is 0 Å². The molecule has 1 atom stereocenters. The molecule has 156 valence electrons. The van der Waals surface area contributed by atoms with E-state index in [1.54, 1.807) is 36.1 Å².